The van der Waals surface area contributed by atoms with Gasteiger partial charge in [-0.05, 0) is 30.3 Å². The third kappa shape index (κ3) is 5.77. The Morgan fingerprint density at radius 3 is 2.09 bits per heavy atom. The van der Waals surface area contributed by atoms with E-state index >= 15 is 0 Å². The van der Waals surface area contributed by atoms with Gasteiger partial charge in [0.2, 0.25) is 0 Å². The number of carboxylic acids is 1. The highest BCUT2D eigenvalue weighted by molar-refractivity contribution is 6.31. The molecule has 186 valence electrons. The number of aliphatic carboxylic acids is 1. The van der Waals surface area contributed by atoms with Crippen LogP contribution in [0.2, 0.25) is 5.02 Å². The Bertz CT molecular complexity index is 1190. The quantitative estimate of drug-likeness (QED) is 0.372. The van der Waals surface area contributed by atoms with E-state index in [1.807, 2.05) is 5.32 Å². The molecule has 0 fully saturated rings. The maximum Gasteiger partial charge on any atom is 0.416 e. The Kier molecular flexibility index (Phi) is 6.91. The summed E-state index contributed by atoms with van der Waals surface area (Å²) in [4.78, 5) is 24.3. The fraction of sp³-hybridized carbons (Fsp3) is 0.182. The maximum atomic E-state index is 13.1. The molecule has 0 saturated heterocycles. The van der Waals surface area contributed by atoms with Gasteiger partial charge < -0.3 is 21.5 Å². The van der Waals surface area contributed by atoms with Gasteiger partial charge in [-0.15, -0.1) is 0 Å². The van der Waals surface area contributed by atoms with Crippen LogP contribution in [0.1, 0.15) is 16.7 Å². The van der Waals surface area contributed by atoms with E-state index in [9.17, 15) is 41.0 Å². The summed E-state index contributed by atoms with van der Waals surface area (Å²) in [7, 11) is 0. The van der Waals surface area contributed by atoms with Crippen molar-refractivity contribution in [1.82, 2.24) is 0 Å². The molecule has 0 aromatic heterocycles. The molecule has 0 spiro atoms. The molecule has 2 unspecified atom stereocenters. The number of anilines is 2. The number of urea groups is 1. The van der Waals surface area contributed by atoms with E-state index in [0.29, 0.717) is 12.1 Å². The van der Waals surface area contributed by atoms with Crippen molar-refractivity contribution in [2.75, 3.05) is 10.6 Å². The van der Waals surface area contributed by atoms with Crippen LogP contribution >= 0.6 is 11.6 Å². The van der Waals surface area contributed by atoms with Gasteiger partial charge in [-0.25, -0.2) is 4.79 Å². The number of carboxylic acid groups (broad SMARTS) is 1. The zero-order chi connectivity index (χ0) is 26.2. The van der Waals surface area contributed by atoms with E-state index in [1.165, 1.54) is 42.5 Å². The molecule has 5 N–H and O–H groups in total. The second-order valence-corrected chi connectivity index (χ2v) is 7.99. The number of carbonyl (C=O) groups excluding carboxylic acids is 1. The lowest BCUT2D eigenvalue weighted by atomic mass is 9.75. The van der Waals surface area contributed by atoms with Crippen molar-refractivity contribution in [2.45, 2.75) is 17.9 Å². The molecular formula is C22H16ClF6N3O3. The molecule has 35 heavy (non-hydrogen) atoms. The first-order chi connectivity index (χ1) is 16.1. The maximum absolute atomic E-state index is 13.1. The van der Waals surface area contributed by atoms with Gasteiger partial charge >= 0.3 is 24.4 Å². The van der Waals surface area contributed by atoms with Crippen LogP contribution in [0.4, 0.5) is 42.5 Å². The predicted octanol–water partition coefficient (Wildman–Crippen LogP) is 6.00. The molecule has 0 bridgehead atoms. The highest BCUT2D eigenvalue weighted by Crippen LogP contribution is 2.39. The summed E-state index contributed by atoms with van der Waals surface area (Å²) in [5.74, 6) is -2.53. The highest BCUT2D eigenvalue weighted by Gasteiger charge is 2.41. The number of nitrogens with one attached hydrogen (secondary N) is 2. The average Bonchev–Trinajstić information content (AvgIpc) is 2.72. The molecule has 2 atom stereocenters. The average molecular weight is 520 g/mol. The number of hydrogen-bond donors (Lipinski definition) is 4. The molecule has 2 aromatic carbocycles. The lowest BCUT2D eigenvalue weighted by molar-refractivity contribution is -0.143. The van der Waals surface area contributed by atoms with E-state index in [0.717, 1.165) is 0 Å². The SMILES string of the molecule is NC1(c2ccc(Cl)cc2NC(=O)Nc2cc(C(F)(F)F)cc(C(F)(F)F)c2)C=CC=CC1C(=O)O. The third-order valence-electron chi connectivity index (χ3n) is 5.11. The van der Waals surface area contributed by atoms with Gasteiger partial charge in [0.05, 0.1) is 16.7 Å². The smallest absolute Gasteiger partial charge is 0.416 e. The van der Waals surface area contributed by atoms with Gasteiger partial charge in [0.15, 0.2) is 0 Å². The van der Waals surface area contributed by atoms with E-state index in [2.05, 4.69) is 5.32 Å². The van der Waals surface area contributed by atoms with Crippen molar-refractivity contribution in [2.24, 2.45) is 11.7 Å². The molecule has 1 aliphatic carbocycles. The molecular weight excluding hydrogens is 504 g/mol. The monoisotopic (exact) mass is 519 g/mol. The summed E-state index contributed by atoms with van der Waals surface area (Å²) in [6.07, 6.45) is -4.56. The predicted molar refractivity (Wildman–Crippen MR) is 116 cm³/mol. The molecule has 6 nitrogen and oxygen atoms in total. The van der Waals surface area contributed by atoms with E-state index < -0.39 is 52.6 Å². The molecule has 13 heteroatoms. The number of carbonyl (C=O) groups is 2. The second-order valence-electron chi connectivity index (χ2n) is 7.56. The lowest BCUT2D eigenvalue weighted by Crippen LogP contribution is -2.46. The summed E-state index contributed by atoms with van der Waals surface area (Å²) in [5.41, 5.74) is 0.672. The van der Waals surface area contributed by atoms with Crippen LogP contribution in [0.25, 0.3) is 0 Å². The van der Waals surface area contributed by atoms with Gasteiger partial charge in [-0.3, -0.25) is 4.79 Å². The lowest BCUT2D eigenvalue weighted by Gasteiger charge is -2.34. The Morgan fingerprint density at radius 1 is 0.943 bits per heavy atom. The molecule has 3 rings (SSSR count). The molecule has 0 aliphatic heterocycles. The molecule has 2 aromatic rings. The Morgan fingerprint density at radius 2 is 1.54 bits per heavy atom. The van der Waals surface area contributed by atoms with Gasteiger partial charge in [-0.1, -0.05) is 42.0 Å². The van der Waals surface area contributed by atoms with Crippen molar-refractivity contribution in [3.05, 3.63) is 82.4 Å². The third-order valence-corrected chi connectivity index (χ3v) is 5.34. The Hall–Kier alpha value is -3.51. The summed E-state index contributed by atoms with van der Waals surface area (Å²) < 4.78 is 78.5. The number of halogens is 7. The van der Waals surface area contributed by atoms with Crippen LogP contribution in [-0.4, -0.2) is 17.1 Å². The number of benzene rings is 2. The standard InChI is InChI=1S/C22H16ClF6N3O3/c23-13-4-5-15(20(30)6-2-1-3-16(20)18(33)34)17(10-13)32-19(35)31-14-8-11(21(24,25)26)7-12(9-14)22(27,28)29/h1-10,16H,30H2,(H,33,34)(H2,31,32,35). The first-order valence-electron chi connectivity index (χ1n) is 9.66. The molecule has 0 saturated carbocycles. The van der Waals surface area contributed by atoms with Gasteiger partial charge in [0.25, 0.3) is 0 Å². The van der Waals surface area contributed by atoms with Gasteiger partial charge in [-0.2, -0.15) is 26.3 Å². The van der Waals surface area contributed by atoms with E-state index in [1.54, 1.807) is 0 Å². The number of amides is 2. The second kappa shape index (κ2) is 9.27. The number of allylic oxidation sites excluding steroid dienone is 2. The largest absolute Gasteiger partial charge is 0.481 e. The number of hydrogen-bond acceptors (Lipinski definition) is 3. The van der Waals surface area contributed by atoms with Crippen molar-refractivity contribution in [3.63, 3.8) is 0 Å². The van der Waals surface area contributed by atoms with Crippen LogP contribution < -0.4 is 16.4 Å². The van der Waals surface area contributed by atoms with Crippen LogP contribution in [-0.2, 0) is 22.7 Å². The first kappa shape index (κ1) is 26.1. The van der Waals surface area contributed by atoms with Crippen LogP contribution in [0.3, 0.4) is 0 Å². The summed E-state index contributed by atoms with van der Waals surface area (Å²) in [6.45, 7) is 0. The summed E-state index contributed by atoms with van der Waals surface area (Å²) in [6, 6.07) is 3.33. The van der Waals surface area contributed by atoms with Gasteiger partial charge in [0, 0.05) is 22.0 Å². The van der Waals surface area contributed by atoms with E-state index in [-0.39, 0.29) is 22.3 Å². The first-order valence-corrected chi connectivity index (χ1v) is 10.0. The number of nitrogens with two attached hydrogens (primary N) is 1. The number of rotatable bonds is 4. The molecule has 0 heterocycles. The highest BCUT2D eigenvalue weighted by atomic mass is 35.5. The fourth-order valence-electron chi connectivity index (χ4n) is 3.51. The summed E-state index contributed by atoms with van der Waals surface area (Å²) >= 11 is 5.97. The minimum Gasteiger partial charge on any atom is -0.481 e. The number of alkyl halides is 6. The Labute approximate surface area is 199 Å². The van der Waals surface area contributed by atoms with Crippen LogP contribution in [0.5, 0.6) is 0 Å². The van der Waals surface area contributed by atoms with Crippen molar-refractivity contribution < 1.29 is 41.0 Å². The minimum absolute atomic E-state index is 0.0781. The fourth-order valence-corrected chi connectivity index (χ4v) is 3.68. The summed E-state index contributed by atoms with van der Waals surface area (Å²) in [5, 5.41) is 13.9. The van der Waals surface area contributed by atoms with Gasteiger partial charge in [0.1, 0.15) is 5.92 Å². The zero-order valence-corrected chi connectivity index (χ0v) is 18.1. The minimum atomic E-state index is -5.10. The molecule has 0 radical (unpaired) electrons. The van der Waals surface area contributed by atoms with E-state index in [4.69, 9.17) is 17.3 Å². The van der Waals surface area contributed by atoms with Crippen LogP contribution in [0, 0.1) is 5.92 Å². The van der Waals surface area contributed by atoms with Crippen LogP contribution in [0.15, 0.2) is 60.7 Å². The molecule has 2 amide bonds. The Balaban J connectivity index is 1.96. The van der Waals surface area contributed by atoms with Crippen molar-refractivity contribution >= 4 is 35.0 Å². The normalized spacial score (nSPS) is 19.9. The zero-order valence-electron chi connectivity index (χ0n) is 17.3. The van der Waals surface area contributed by atoms with Crippen molar-refractivity contribution in [1.29, 1.82) is 0 Å². The topological polar surface area (TPSA) is 104 Å². The molecule has 1 aliphatic rings. The van der Waals surface area contributed by atoms with Crippen molar-refractivity contribution in [3.8, 4) is 0 Å².